The van der Waals surface area contributed by atoms with E-state index >= 15 is 0 Å². The van der Waals surface area contributed by atoms with Gasteiger partial charge in [-0.1, -0.05) is 52.3 Å². The minimum Gasteiger partial charge on any atom is -0.373 e. The first-order chi connectivity index (χ1) is 10.2. The van der Waals surface area contributed by atoms with Gasteiger partial charge in [0.2, 0.25) is 5.60 Å². The van der Waals surface area contributed by atoms with Crippen molar-refractivity contribution in [3.8, 4) is 0 Å². The van der Waals surface area contributed by atoms with Crippen molar-refractivity contribution in [2.75, 3.05) is 0 Å². The van der Waals surface area contributed by atoms with Crippen LogP contribution >= 0.6 is 15.9 Å². The number of hydrogen-bond donors (Lipinski definition) is 1. The van der Waals surface area contributed by atoms with Gasteiger partial charge < -0.3 is 5.11 Å². The number of hydrogen-bond acceptors (Lipinski definition) is 1. The Morgan fingerprint density at radius 2 is 1.68 bits per heavy atom. The highest BCUT2D eigenvalue weighted by Gasteiger charge is 2.53. The first-order valence-electron chi connectivity index (χ1n) is 6.23. The molecule has 2 rings (SSSR count). The van der Waals surface area contributed by atoms with Gasteiger partial charge in [-0.25, -0.2) is 4.39 Å². The molecular formula is C16H11BrF4O. The van der Waals surface area contributed by atoms with E-state index in [1.165, 1.54) is 30.3 Å². The maximum absolute atomic E-state index is 13.5. The molecule has 0 aliphatic heterocycles. The Morgan fingerprint density at radius 3 is 2.27 bits per heavy atom. The van der Waals surface area contributed by atoms with Crippen LogP contribution < -0.4 is 0 Å². The summed E-state index contributed by atoms with van der Waals surface area (Å²) in [4.78, 5) is 0. The standard InChI is InChI=1S/C16H11BrF4O/c17-13-6-3-5-12(10-13)15(22,16(19,20)21)9-8-11-4-1-2-7-14(11)18/h1-10,22H. The molecule has 1 N–H and O–H groups in total. The fourth-order valence-electron chi connectivity index (χ4n) is 1.90. The van der Waals surface area contributed by atoms with E-state index in [4.69, 9.17) is 0 Å². The molecule has 6 heteroatoms. The van der Waals surface area contributed by atoms with E-state index in [2.05, 4.69) is 15.9 Å². The van der Waals surface area contributed by atoms with Gasteiger partial charge in [0.15, 0.2) is 0 Å². The summed E-state index contributed by atoms with van der Waals surface area (Å²) in [5.74, 6) is -0.669. The van der Waals surface area contributed by atoms with Crippen LogP contribution in [0.15, 0.2) is 59.1 Å². The maximum atomic E-state index is 13.5. The lowest BCUT2D eigenvalue weighted by Gasteiger charge is -2.28. The van der Waals surface area contributed by atoms with E-state index in [-0.39, 0.29) is 11.1 Å². The molecule has 0 aromatic heterocycles. The number of rotatable bonds is 3. The van der Waals surface area contributed by atoms with E-state index in [1.54, 1.807) is 6.07 Å². The van der Waals surface area contributed by atoms with Crippen molar-refractivity contribution in [3.05, 3.63) is 76.0 Å². The smallest absolute Gasteiger partial charge is 0.373 e. The van der Waals surface area contributed by atoms with Gasteiger partial charge in [0.25, 0.3) is 0 Å². The summed E-state index contributed by atoms with van der Waals surface area (Å²) >= 11 is 3.07. The van der Waals surface area contributed by atoms with E-state index in [0.29, 0.717) is 10.5 Å². The minimum atomic E-state index is -4.95. The molecular weight excluding hydrogens is 364 g/mol. The normalized spacial score (nSPS) is 15.0. The SMILES string of the molecule is OC(C=Cc1ccccc1F)(c1cccc(Br)c1)C(F)(F)F. The van der Waals surface area contributed by atoms with Crippen molar-refractivity contribution >= 4 is 22.0 Å². The monoisotopic (exact) mass is 374 g/mol. The number of benzene rings is 2. The molecule has 0 heterocycles. The predicted molar refractivity (Wildman–Crippen MR) is 79.5 cm³/mol. The number of halogens is 5. The van der Waals surface area contributed by atoms with Crippen LogP contribution in [-0.2, 0) is 5.60 Å². The molecule has 0 aliphatic rings. The molecule has 0 aliphatic carbocycles. The molecule has 0 radical (unpaired) electrons. The summed E-state index contributed by atoms with van der Waals surface area (Å²) in [6.45, 7) is 0. The number of alkyl halides is 3. The molecule has 0 saturated carbocycles. The zero-order valence-corrected chi connectivity index (χ0v) is 12.7. The lowest BCUT2D eigenvalue weighted by atomic mass is 9.92. The Morgan fingerprint density at radius 1 is 1.00 bits per heavy atom. The lowest BCUT2D eigenvalue weighted by molar-refractivity contribution is -0.244. The maximum Gasteiger partial charge on any atom is 0.425 e. The van der Waals surface area contributed by atoms with Crippen molar-refractivity contribution in [2.45, 2.75) is 11.8 Å². The first kappa shape index (κ1) is 16.7. The summed E-state index contributed by atoms with van der Waals surface area (Å²) in [6.07, 6.45) is -3.48. The second kappa shape index (κ2) is 6.22. The highest BCUT2D eigenvalue weighted by Crippen LogP contribution is 2.41. The van der Waals surface area contributed by atoms with Crippen LogP contribution in [-0.4, -0.2) is 11.3 Å². The van der Waals surface area contributed by atoms with Gasteiger partial charge in [-0.3, -0.25) is 0 Å². The summed E-state index contributed by atoms with van der Waals surface area (Å²) < 4.78 is 53.8. The second-order valence-electron chi connectivity index (χ2n) is 4.63. The molecule has 22 heavy (non-hydrogen) atoms. The van der Waals surface area contributed by atoms with Crippen molar-refractivity contribution in [3.63, 3.8) is 0 Å². The van der Waals surface area contributed by atoms with Crippen molar-refractivity contribution < 1.29 is 22.7 Å². The molecule has 2 aromatic rings. The Hall–Kier alpha value is -1.66. The average molecular weight is 375 g/mol. The quantitative estimate of drug-likeness (QED) is 0.745. The van der Waals surface area contributed by atoms with Crippen molar-refractivity contribution in [2.24, 2.45) is 0 Å². The van der Waals surface area contributed by atoms with Crippen LogP contribution in [0.2, 0.25) is 0 Å². The highest BCUT2D eigenvalue weighted by molar-refractivity contribution is 9.10. The Bertz CT molecular complexity index is 697. The molecule has 1 unspecified atom stereocenters. The zero-order chi connectivity index (χ0) is 16.4. The van der Waals surface area contributed by atoms with Gasteiger partial charge in [-0.2, -0.15) is 13.2 Å². The van der Waals surface area contributed by atoms with Gasteiger partial charge in [0.05, 0.1) is 0 Å². The molecule has 1 atom stereocenters. The van der Waals surface area contributed by atoms with Gasteiger partial charge in [0, 0.05) is 10.0 Å². The third kappa shape index (κ3) is 3.39. The summed E-state index contributed by atoms with van der Waals surface area (Å²) in [7, 11) is 0. The van der Waals surface area contributed by atoms with E-state index in [0.717, 1.165) is 18.2 Å². The van der Waals surface area contributed by atoms with Gasteiger partial charge >= 0.3 is 6.18 Å². The molecule has 0 bridgehead atoms. The third-order valence-electron chi connectivity index (χ3n) is 3.11. The zero-order valence-electron chi connectivity index (χ0n) is 11.1. The van der Waals surface area contributed by atoms with E-state index in [1.807, 2.05) is 0 Å². The fourth-order valence-corrected chi connectivity index (χ4v) is 2.30. The van der Waals surface area contributed by atoms with E-state index < -0.39 is 17.6 Å². The minimum absolute atomic E-state index is 0.0415. The van der Waals surface area contributed by atoms with E-state index in [9.17, 15) is 22.7 Å². The first-order valence-corrected chi connectivity index (χ1v) is 7.02. The topological polar surface area (TPSA) is 20.2 Å². The van der Waals surface area contributed by atoms with Crippen LogP contribution in [0.4, 0.5) is 17.6 Å². The van der Waals surface area contributed by atoms with Gasteiger partial charge in [-0.15, -0.1) is 0 Å². The molecule has 116 valence electrons. The molecule has 0 saturated heterocycles. The molecule has 0 amide bonds. The van der Waals surface area contributed by atoms with Crippen LogP contribution in [0.5, 0.6) is 0 Å². The van der Waals surface area contributed by atoms with Gasteiger partial charge in [-0.05, 0) is 29.8 Å². The Labute approximate surface area is 133 Å². The summed E-state index contributed by atoms with van der Waals surface area (Å²) in [5.41, 5.74) is -3.61. The Kier molecular flexibility index (Phi) is 4.72. The van der Waals surface area contributed by atoms with Crippen LogP contribution in [0.25, 0.3) is 6.08 Å². The Balaban J connectivity index is 2.50. The van der Waals surface area contributed by atoms with Crippen LogP contribution in [0, 0.1) is 5.82 Å². The highest BCUT2D eigenvalue weighted by atomic mass is 79.9. The second-order valence-corrected chi connectivity index (χ2v) is 5.55. The fraction of sp³-hybridized carbons (Fsp3) is 0.125. The lowest BCUT2D eigenvalue weighted by Crippen LogP contribution is -2.40. The molecule has 2 aromatic carbocycles. The van der Waals surface area contributed by atoms with Gasteiger partial charge in [0.1, 0.15) is 5.82 Å². The summed E-state index contributed by atoms with van der Waals surface area (Å²) in [6, 6.07) is 10.6. The number of aliphatic hydroxyl groups is 1. The van der Waals surface area contributed by atoms with Crippen molar-refractivity contribution in [1.82, 2.24) is 0 Å². The van der Waals surface area contributed by atoms with Crippen molar-refractivity contribution in [1.29, 1.82) is 0 Å². The third-order valence-corrected chi connectivity index (χ3v) is 3.60. The average Bonchev–Trinajstić information content (AvgIpc) is 2.45. The predicted octanol–water partition coefficient (Wildman–Crippen LogP) is 5.05. The summed E-state index contributed by atoms with van der Waals surface area (Å²) in [5, 5.41) is 10.1. The molecule has 0 spiro atoms. The molecule has 1 nitrogen and oxygen atoms in total. The van der Waals surface area contributed by atoms with Crippen LogP contribution in [0.1, 0.15) is 11.1 Å². The molecule has 0 fully saturated rings. The van der Waals surface area contributed by atoms with Crippen LogP contribution in [0.3, 0.4) is 0 Å². The largest absolute Gasteiger partial charge is 0.425 e.